The van der Waals surface area contributed by atoms with Crippen LogP contribution >= 0.6 is 0 Å². The van der Waals surface area contributed by atoms with Crippen molar-refractivity contribution in [2.24, 2.45) is 5.10 Å². The number of hydrazone groups is 1. The van der Waals surface area contributed by atoms with Gasteiger partial charge in [-0.05, 0) is 12.1 Å². The van der Waals surface area contributed by atoms with Gasteiger partial charge in [-0.15, -0.1) is 0 Å². The maximum absolute atomic E-state index is 13.0. The van der Waals surface area contributed by atoms with Crippen LogP contribution in [-0.2, 0) is 11.3 Å². The number of likely N-dealkylation sites (tertiary alicyclic amines) is 1. The van der Waals surface area contributed by atoms with E-state index < -0.39 is 5.82 Å². The van der Waals surface area contributed by atoms with Crippen LogP contribution in [0.2, 0.25) is 0 Å². The number of nitrogens with one attached hydrogen (secondary N) is 2. The molecule has 1 fully saturated rings. The molecule has 1 amide bonds. The predicted octanol–water partition coefficient (Wildman–Crippen LogP) is 1.56. The van der Waals surface area contributed by atoms with Crippen LogP contribution in [0.3, 0.4) is 0 Å². The molecule has 136 valence electrons. The highest BCUT2D eigenvalue weighted by molar-refractivity contribution is 5.87. The van der Waals surface area contributed by atoms with E-state index in [1.54, 1.807) is 6.07 Å². The van der Waals surface area contributed by atoms with E-state index in [1.807, 2.05) is 6.07 Å². The number of piperidine rings is 1. The van der Waals surface area contributed by atoms with E-state index in [1.165, 1.54) is 28.7 Å². The molecule has 0 spiro atoms. The van der Waals surface area contributed by atoms with E-state index in [4.69, 9.17) is 4.74 Å². The monoisotopic (exact) mass is 356 g/mol. The first-order valence-electron chi connectivity index (χ1n) is 8.79. The molecular formula is C20H23FN3O2+. The minimum Gasteiger partial charge on any atom is -0.484 e. The molecule has 0 saturated carbocycles. The molecule has 0 aliphatic carbocycles. The van der Waals surface area contributed by atoms with Gasteiger partial charge in [-0.3, -0.25) is 4.79 Å². The van der Waals surface area contributed by atoms with Crippen LogP contribution in [0.15, 0.2) is 59.7 Å². The first-order chi connectivity index (χ1) is 12.7. The number of nitrogens with zero attached hydrogens (tertiary/aromatic N) is 1. The van der Waals surface area contributed by atoms with Gasteiger partial charge in [0.1, 0.15) is 18.1 Å². The number of carbonyl (C=O) groups excluding carboxylic acids is 1. The maximum atomic E-state index is 13.0. The second kappa shape index (κ2) is 9.10. The Morgan fingerprint density at radius 3 is 2.62 bits per heavy atom. The Hall–Kier alpha value is -2.73. The quantitative estimate of drug-likeness (QED) is 0.772. The highest BCUT2D eigenvalue weighted by atomic mass is 19.1. The summed E-state index contributed by atoms with van der Waals surface area (Å²) in [5.41, 5.74) is 4.86. The molecule has 1 aliphatic rings. The summed E-state index contributed by atoms with van der Waals surface area (Å²) in [6.07, 6.45) is 1.74. The lowest BCUT2D eigenvalue weighted by molar-refractivity contribution is -0.914. The van der Waals surface area contributed by atoms with Crippen molar-refractivity contribution in [1.29, 1.82) is 0 Å². The number of quaternary nitrogens is 1. The standard InChI is InChI=1S/C20H22FN3O2/c21-17-7-4-8-19(13-17)26-15-20(25)23-22-18-9-11-24(12-10-18)14-16-5-2-1-3-6-16/h1-8,13H,9-12,14-15H2,(H,23,25)/p+1. The van der Waals surface area contributed by atoms with Crippen LogP contribution < -0.4 is 15.1 Å². The van der Waals surface area contributed by atoms with Crippen molar-refractivity contribution in [2.45, 2.75) is 19.4 Å². The van der Waals surface area contributed by atoms with Gasteiger partial charge in [-0.2, -0.15) is 5.10 Å². The Labute approximate surface area is 152 Å². The van der Waals surface area contributed by atoms with Crippen molar-refractivity contribution in [3.63, 3.8) is 0 Å². The number of rotatable bonds is 6. The molecule has 0 bridgehead atoms. The Bertz CT molecular complexity index is 755. The fourth-order valence-electron chi connectivity index (χ4n) is 2.94. The number of halogens is 1. The largest absolute Gasteiger partial charge is 0.484 e. The van der Waals surface area contributed by atoms with Gasteiger partial charge < -0.3 is 9.64 Å². The fraction of sp³-hybridized carbons (Fsp3) is 0.300. The van der Waals surface area contributed by atoms with Crippen molar-refractivity contribution in [2.75, 3.05) is 19.7 Å². The van der Waals surface area contributed by atoms with Gasteiger partial charge in [0.15, 0.2) is 6.61 Å². The molecule has 26 heavy (non-hydrogen) atoms. The summed E-state index contributed by atoms with van der Waals surface area (Å²) in [5, 5.41) is 4.20. The van der Waals surface area contributed by atoms with E-state index in [0.717, 1.165) is 38.2 Å². The zero-order chi connectivity index (χ0) is 18.2. The molecule has 1 aliphatic heterocycles. The summed E-state index contributed by atoms with van der Waals surface area (Å²) < 4.78 is 18.3. The van der Waals surface area contributed by atoms with E-state index in [0.29, 0.717) is 5.75 Å². The van der Waals surface area contributed by atoms with Crippen LogP contribution in [0.5, 0.6) is 5.75 Å². The van der Waals surface area contributed by atoms with Gasteiger partial charge in [0.25, 0.3) is 5.91 Å². The first-order valence-corrected chi connectivity index (χ1v) is 8.79. The predicted molar refractivity (Wildman–Crippen MR) is 97.5 cm³/mol. The molecule has 0 radical (unpaired) electrons. The topological polar surface area (TPSA) is 55.1 Å². The summed E-state index contributed by atoms with van der Waals surface area (Å²) in [7, 11) is 0. The van der Waals surface area contributed by atoms with Crippen LogP contribution in [-0.4, -0.2) is 31.3 Å². The van der Waals surface area contributed by atoms with Gasteiger partial charge in [0.2, 0.25) is 0 Å². The van der Waals surface area contributed by atoms with Crippen molar-refractivity contribution in [3.05, 3.63) is 66.0 Å². The molecule has 2 aromatic carbocycles. The Morgan fingerprint density at radius 1 is 1.12 bits per heavy atom. The van der Waals surface area contributed by atoms with Crippen LogP contribution in [0.4, 0.5) is 4.39 Å². The highest BCUT2D eigenvalue weighted by Gasteiger charge is 2.18. The van der Waals surface area contributed by atoms with Gasteiger partial charge in [-0.25, -0.2) is 9.82 Å². The van der Waals surface area contributed by atoms with Crippen molar-refractivity contribution in [1.82, 2.24) is 5.43 Å². The minimum absolute atomic E-state index is 0.189. The van der Waals surface area contributed by atoms with Crippen molar-refractivity contribution in [3.8, 4) is 5.75 Å². The maximum Gasteiger partial charge on any atom is 0.277 e. The average Bonchev–Trinajstić information content (AvgIpc) is 2.67. The number of benzene rings is 2. The summed E-state index contributed by atoms with van der Waals surface area (Å²) >= 11 is 0. The second-order valence-electron chi connectivity index (χ2n) is 6.37. The summed E-state index contributed by atoms with van der Waals surface area (Å²) in [6.45, 7) is 2.83. The van der Waals surface area contributed by atoms with Gasteiger partial charge >= 0.3 is 0 Å². The molecule has 0 unspecified atom stereocenters. The lowest BCUT2D eigenvalue weighted by Crippen LogP contribution is -3.11. The molecular weight excluding hydrogens is 333 g/mol. The van der Waals surface area contributed by atoms with Gasteiger partial charge in [0.05, 0.1) is 13.1 Å². The third-order valence-corrected chi connectivity index (χ3v) is 4.34. The molecule has 3 rings (SSSR count). The molecule has 0 atom stereocenters. The SMILES string of the molecule is O=C(COc1cccc(F)c1)NN=C1CC[NH+](Cc2ccccc2)CC1. The lowest BCUT2D eigenvalue weighted by atomic mass is 10.1. The van der Waals surface area contributed by atoms with E-state index in [2.05, 4.69) is 34.8 Å². The molecule has 1 heterocycles. The van der Waals surface area contributed by atoms with Crippen molar-refractivity contribution < 1.29 is 18.8 Å². The van der Waals surface area contributed by atoms with Crippen LogP contribution in [0.1, 0.15) is 18.4 Å². The third kappa shape index (κ3) is 5.67. The van der Waals surface area contributed by atoms with E-state index >= 15 is 0 Å². The van der Waals surface area contributed by atoms with Crippen molar-refractivity contribution >= 4 is 11.6 Å². The smallest absolute Gasteiger partial charge is 0.277 e. The van der Waals surface area contributed by atoms with Crippen LogP contribution in [0, 0.1) is 5.82 Å². The molecule has 6 heteroatoms. The lowest BCUT2D eigenvalue weighted by Gasteiger charge is -2.24. The summed E-state index contributed by atoms with van der Waals surface area (Å²) in [4.78, 5) is 13.3. The Morgan fingerprint density at radius 2 is 1.88 bits per heavy atom. The van der Waals surface area contributed by atoms with Gasteiger partial charge in [-0.1, -0.05) is 36.4 Å². The normalized spacial score (nSPS) is 16.8. The van der Waals surface area contributed by atoms with E-state index in [9.17, 15) is 9.18 Å². The van der Waals surface area contributed by atoms with Gasteiger partial charge in [0, 0.05) is 30.2 Å². The number of carbonyl (C=O) groups is 1. The van der Waals surface area contributed by atoms with E-state index in [-0.39, 0.29) is 12.5 Å². The fourth-order valence-corrected chi connectivity index (χ4v) is 2.94. The Kier molecular flexibility index (Phi) is 6.33. The number of hydrogen-bond acceptors (Lipinski definition) is 3. The second-order valence-corrected chi connectivity index (χ2v) is 6.37. The third-order valence-electron chi connectivity index (χ3n) is 4.34. The number of ether oxygens (including phenoxy) is 1. The zero-order valence-corrected chi connectivity index (χ0v) is 14.6. The van der Waals surface area contributed by atoms with Crippen LogP contribution in [0.25, 0.3) is 0 Å². The molecule has 2 N–H and O–H groups in total. The average molecular weight is 356 g/mol. The molecule has 0 aromatic heterocycles. The highest BCUT2D eigenvalue weighted by Crippen LogP contribution is 2.11. The first kappa shape index (κ1) is 18.1. The summed E-state index contributed by atoms with van der Waals surface area (Å²) in [5.74, 6) is -0.417. The number of amides is 1. The molecule has 5 nitrogen and oxygen atoms in total. The molecule has 2 aromatic rings. The minimum atomic E-state index is -0.395. The number of hydrogen-bond donors (Lipinski definition) is 2. The summed E-state index contributed by atoms with van der Waals surface area (Å²) in [6, 6.07) is 16.2. The molecule has 1 saturated heterocycles. The Balaban J connectivity index is 1.39. The zero-order valence-electron chi connectivity index (χ0n) is 14.6.